The number of fused-ring (bicyclic) bond motifs is 1. The maximum Gasteiger partial charge on any atom is 0.341 e. The molecule has 3 rings (SSSR count). The van der Waals surface area contributed by atoms with Gasteiger partial charge in [0.25, 0.3) is 5.56 Å². The lowest BCUT2D eigenvalue weighted by Gasteiger charge is -2.09. The first-order valence-electron chi connectivity index (χ1n) is 6.63. The average molecular weight is 332 g/mol. The van der Waals surface area contributed by atoms with Gasteiger partial charge < -0.3 is 10.5 Å². The third kappa shape index (κ3) is 2.83. The zero-order valence-electron chi connectivity index (χ0n) is 12.0. The number of carbonyl (C=O) groups excluding carboxylic acids is 1. The van der Waals surface area contributed by atoms with E-state index in [4.69, 9.17) is 10.5 Å². The van der Waals surface area contributed by atoms with Crippen LogP contribution < -0.4 is 16.7 Å². The first-order valence-corrected chi connectivity index (χ1v) is 7.44. The van der Waals surface area contributed by atoms with Crippen LogP contribution in [-0.2, 0) is 4.74 Å². The van der Waals surface area contributed by atoms with Crippen molar-refractivity contribution in [1.29, 1.82) is 0 Å². The molecular weight excluding hydrogens is 320 g/mol. The van der Waals surface area contributed by atoms with Gasteiger partial charge in [0.15, 0.2) is 5.13 Å². The summed E-state index contributed by atoms with van der Waals surface area (Å²) in [7, 11) is 0. The Bertz CT molecular complexity index is 921. The summed E-state index contributed by atoms with van der Waals surface area (Å²) >= 11 is 0.998. The highest BCUT2D eigenvalue weighted by Crippen LogP contribution is 2.24. The Hall–Kier alpha value is -3.01. The fourth-order valence-corrected chi connectivity index (χ4v) is 2.71. The molecule has 0 aliphatic carbocycles. The molecule has 3 N–H and O–H groups in total. The molecule has 3 heterocycles. The fraction of sp³-hybridized carbons (Fsp3) is 0.154. The number of aromatic nitrogens is 4. The molecule has 23 heavy (non-hydrogen) atoms. The molecule has 0 spiro atoms. The molecule has 3 aromatic rings. The molecule has 9 nitrogen and oxygen atoms in total. The fourth-order valence-electron chi connectivity index (χ4n) is 1.93. The number of carbonyl (C=O) groups is 1. The Balaban J connectivity index is 2.16. The Morgan fingerprint density at radius 3 is 2.87 bits per heavy atom. The molecule has 3 aromatic heterocycles. The van der Waals surface area contributed by atoms with E-state index in [1.165, 1.54) is 18.6 Å². The molecule has 0 radical (unpaired) electrons. The molecule has 0 atom stereocenters. The quantitative estimate of drug-likeness (QED) is 0.675. The van der Waals surface area contributed by atoms with Gasteiger partial charge in [-0.15, -0.1) is 0 Å². The van der Waals surface area contributed by atoms with Crippen LogP contribution in [0.25, 0.3) is 10.2 Å². The van der Waals surface area contributed by atoms with Gasteiger partial charge in [0.05, 0.1) is 6.61 Å². The smallest absolute Gasteiger partial charge is 0.341 e. The van der Waals surface area contributed by atoms with Gasteiger partial charge in [-0.1, -0.05) is 11.3 Å². The third-order valence-corrected chi connectivity index (χ3v) is 3.72. The maximum absolute atomic E-state index is 12.5. The van der Waals surface area contributed by atoms with Gasteiger partial charge in [0, 0.05) is 18.6 Å². The number of anilines is 2. The Labute approximate surface area is 133 Å². The van der Waals surface area contributed by atoms with Crippen molar-refractivity contribution in [3.63, 3.8) is 0 Å². The zero-order chi connectivity index (χ0) is 16.4. The van der Waals surface area contributed by atoms with Gasteiger partial charge in [-0.25, -0.2) is 24.4 Å². The summed E-state index contributed by atoms with van der Waals surface area (Å²) in [4.78, 5) is 36.6. The SMILES string of the molecule is CCOC(=O)c1cn(Nc2ncccn2)c(=O)c2sc(N)nc12. The number of pyridine rings is 1. The summed E-state index contributed by atoms with van der Waals surface area (Å²) in [5.74, 6) is -0.381. The molecule has 0 bridgehead atoms. The van der Waals surface area contributed by atoms with E-state index in [1.54, 1.807) is 13.0 Å². The summed E-state index contributed by atoms with van der Waals surface area (Å²) in [6.07, 6.45) is 4.35. The predicted octanol–water partition coefficient (Wildman–Crippen LogP) is 0.882. The highest BCUT2D eigenvalue weighted by atomic mass is 32.1. The number of nitrogens with two attached hydrogens (primary N) is 1. The van der Waals surface area contributed by atoms with Gasteiger partial charge in [-0.3, -0.25) is 10.2 Å². The monoisotopic (exact) mass is 332 g/mol. The van der Waals surface area contributed by atoms with Crippen LogP contribution in [0.2, 0.25) is 0 Å². The van der Waals surface area contributed by atoms with E-state index in [2.05, 4.69) is 20.4 Å². The van der Waals surface area contributed by atoms with Crippen LogP contribution in [0.5, 0.6) is 0 Å². The van der Waals surface area contributed by atoms with Crippen molar-refractivity contribution >= 4 is 38.6 Å². The topological polar surface area (TPSA) is 125 Å². The molecule has 0 unspecified atom stereocenters. The lowest BCUT2D eigenvalue weighted by Crippen LogP contribution is -2.28. The van der Waals surface area contributed by atoms with Crippen molar-refractivity contribution in [2.24, 2.45) is 0 Å². The van der Waals surface area contributed by atoms with Gasteiger partial charge in [-0.05, 0) is 13.0 Å². The summed E-state index contributed by atoms with van der Waals surface area (Å²) in [6.45, 7) is 1.89. The standard InChI is InChI=1S/C13H12N6O3S/c1-2-22-11(21)7-6-19(18-13-15-4-3-5-16-13)10(20)9-8(7)17-12(14)23-9/h3-6H,2H2,1H3,(H2,14,17)(H,15,16,18). The first-order chi connectivity index (χ1) is 11.1. The van der Waals surface area contributed by atoms with Crippen molar-refractivity contribution in [2.75, 3.05) is 17.8 Å². The van der Waals surface area contributed by atoms with E-state index < -0.39 is 11.5 Å². The van der Waals surface area contributed by atoms with Crippen molar-refractivity contribution < 1.29 is 9.53 Å². The molecule has 0 aliphatic heterocycles. The zero-order valence-corrected chi connectivity index (χ0v) is 12.8. The van der Waals surface area contributed by atoms with E-state index in [9.17, 15) is 9.59 Å². The van der Waals surface area contributed by atoms with Crippen molar-refractivity contribution in [3.05, 3.63) is 40.6 Å². The Morgan fingerprint density at radius 2 is 2.17 bits per heavy atom. The average Bonchev–Trinajstić information content (AvgIpc) is 2.93. The number of nitrogen functional groups attached to an aromatic ring is 1. The minimum absolute atomic E-state index is 0.137. The number of nitrogens with one attached hydrogen (secondary N) is 1. The molecule has 0 aliphatic rings. The van der Waals surface area contributed by atoms with Gasteiger partial charge in [0.2, 0.25) is 5.95 Å². The van der Waals surface area contributed by atoms with Crippen molar-refractivity contribution in [1.82, 2.24) is 19.6 Å². The van der Waals surface area contributed by atoms with Crippen molar-refractivity contribution in [2.45, 2.75) is 6.92 Å². The Kier molecular flexibility index (Phi) is 3.89. The van der Waals surface area contributed by atoms with Crippen LogP contribution in [0.1, 0.15) is 17.3 Å². The predicted molar refractivity (Wildman–Crippen MR) is 85.3 cm³/mol. The number of hydrogen-bond donors (Lipinski definition) is 2. The summed E-state index contributed by atoms with van der Waals surface area (Å²) in [5, 5.41) is 0.191. The normalized spacial score (nSPS) is 10.7. The lowest BCUT2D eigenvalue weighted by atomic mass is 10.2. The molecular formula is C13H12N6O3S. The number of thiazole rings is 1. The summed E-state index contributed by atoms with van der Waals surface area (Å²) in [5.41, 5.74) is 8.34. The Morgan fingerprint density at radius 1 is 1.43 bits per heavy atom. The molecule has 0 fully saturated rings. The maximum atomic E-state index is 12.5. The van der Waals surface area contributed by atoms with E-state index in [-0.39, 0.29) is 33.5 Å². The largest absolute Gasteiger partial charge is 0.462 e. The molecule has 0 amide bonds. The summed E-state index contributed by atoms with van der Waals surface area (Å²) in [6, 6.07) is 1.64. The van der Waals surface area contributed by atoms with E-state index in [1.807, 2.05) is 0 Å². The van der Waals surface area contributed by atoms with Crippen LogP contribution in [0.4, 0.5) is 11.1 Å². The van der Waals surface area contributed by atoms with E-state index in [0.29, 0.717) is 0 Å². The van der Waals surface area contributed by atoms with Crippen molar-refractivity contribution in [3.8, 4) is 0 Å². The van der Waals surface area contributed by atoms with E-state index >= 15 is 0 Å². The lowest BCUT2D eigenvalue weighted by molar-refractivity contribution is 0.0527. The number of rotatable bonds is 4. The second-order valence-corrected chi connectivity index (χ2v) is 5.38. The number of esters is 1. The minimum Gasteiger partial charge on any atom is -0.462 e. The highest BCUT2D eigenvalue weighted by molar-refractivity contribution is 7.22. The van der Waals surface area contributed by atoms with Crippen LogP contribution in [-0.4, -0.2) is 32.2 Å². The molecule has 0 aromatic carbocycles. The number of nitrogens with zero attached hydrogens (tertiary/aromatic N) is 4. The van der Waals surface area contributed by atoms with Crippen LogP contribution in [0.3, 0.4) is 0 Å². The number of ether oxygens (including phenoxy) is 1. The molecule has 10 heteroatoms. The van der Waals surface area contributed by atoms with Crippen LogP contribution in [0.15, 0.2) is 29.5 Å². The minimum atomic E-state index is -0.590. The third-order valence-electron chi connectivity index (χ3n) is 2.85. The molecule has 118 valence electrons. The number of hydrogen-bond acceptors (Lipinski definition) is 9. The van der Waals surface area contributed by atoms with E-state index in [0.717, 1.165) is 16.0 Å². The first kappa shape index (κ1) is 14.9. The van der Waals surface area contributed by atoms with Gasteiger partial charge in [-0.2, -0.15) is 0 Å². The van der Waals surface area contributed by atoms with Crippen LogP contribution in [0, 0.1) is 0 Å². The van der Waals surface area contributed by atoms with Crippen LogP contribution >= 0.6 is 11.3 Å². The van der Waals surface area contributed by atoms with Gasteiger partial charge >= 0.3 is 5.97 Å². The second-order valence-electron chi connectivity index (χ2n) is 4.35. The summed E-state index contributed by atoms with van der Waals surface area (Å²) < 4.78 is 6.36. The van der Waals surface area contributed by atoms with Gasteiger partial charge in [0.1, 0.15) is 15.8 Å². The molecule has 0 saturated carbocycles. The molecule has 0 saturated heterocycles. The highest BCUT2D eigenvalue weighted by Gasteiger charge is 2.20. The second kappa shape index (κ2) is 6.01.